The predicted molar refractivity (Wildman–Crippen MR) is 77.7 cm³/mol. The van der Waals surface area contributed by atoms with Crippen molar-refractivity contribution in [3.05, 3.63) is 66.2 Å². The van der Waals surface area contributed by atoms with E-state index in [1.165, 1.54) is 7.11 Å². The molecule has 1 amide bonds. The van der Waals surface area contributed by atoms with E-state index in [0.29, 0.717) is 11.3 Å². The number of para-hydroxylation sites is 1. The lowest BCUT2D eigenvalue weighted by Gasteiger charge is -2.27. The van der Waals surface area contributed by atoms with Crippen LogP contribution >= 0.6 is 0 Å². The summed E-state index contributed by atoms with van der Waals surface area (Å²) in [5.74, 6) is 0.0317. The Morgan fingerprint density at radius 1 is 1.00 bits per heavy atom. The second-order valence-electron chi connectivity index (χ2n) is 4.48. The van der Waals surface area contributed by atoms with E-state index < -0.39 is 11.5 Å². The molecule has 1 unspecified atom stereocenters. The predicted octanol–water partition coefficient (Wildman–Crippen LogP) is 3.52. The van der Waals surface area contributed by atoms with E-state index in [0.717, 1.165) is 0 Å². The Labute approximate surface area is 123 Å². The van der Waals surface area contributed by atoms with Gasteiger partial charge in [-0.05, 0) is 19.1 Å². The van der Waals surface area contributed by atoms with E-state index in [4.69, 9.17) is 4.74 Å². The Kier molecular flexibility index (Phi) is 4.66. The lowest BCUT2D eigenvalue weighted by atomic mass is 9.95. The van der Waals surface area contributed by atoms with Crippen LogP contribution in [0, 0.1) is 0 Å². The second kappa shape index (κ2) is 6.65. The van der Waals surface area contributed by atoms with Crippen molar-refractivity contribution in [2.75, 3.05) is 7.11 Å². The highest BCUT2D eigenvalue weighted by Gasteiger charge is 2.38. The molecule has 2 aromatic rings. The van der Waals surface area contributed by atoms with Crippen molar-refractivity contribution in [1.29, 1.82) is 0 Å². The van der Waals surface area contributed by atoms with Gasteiger partial charge in [0.1, 0.15) is 12.9 Å². The molecule has 0 aliphatic heterocycles. The summed E-state index contributed by atoms with van der Waals surface area (Å²) in [5, 5.41) is 6.83. The standard InChI is InChI=1S/C16H16N2O3/c1-16(15(19)17-18-20-2,13-9-5-3-6-10-13)21-14-11-7-4-8-12-14/h3-12H,1-2H3. The highest BCUT2D eigenvalue weighted by molar-refractivity contribution is 5.86. The van der Waals surface area contributed by atoms with Crippen LogP contribution in [0.4, 0.5) is 0 Å². The summed E-state index contributed by atoms with van der Waals surface area (Å²) in [6, 6.07) is 18.3. The normalized spacial score (nSPS) is 13.6. The maximum atomic E-state index is 12.4. The van der Waals surface area contributed by atoms with Gasteiger partial charge < -0.3 is 9.57 Å². The molecule has 0 fully saturated rings. The van der Waals surface area contributed by atoms with Crippen molar-refractivity contribution in [3.8, 4) is 5.75 Å². The first-order valence-corrected chi connectivity index (χ1v) is 6.45. The van der Waals surface area contributed by atoms with Crippen molar-refractivity contribution < 1.29 is 14.4 Å². The molecule has 2 aromatic carbocycles. The van der Waals surface area contributed by atoms with Gasteiger partial charge in [0.15, 0.2) is 0 Å². The van der Waals surface area contributed by atoms with E-state index in [-0.39, 0.29) is 0 Å². The van der Waals surface area contributed by atoms with Gasteiger partial charge in [-0.15, -0.1) is 0 Å². The number of nitrogens with zero attached hydrogens (tertiary/aromatic N) is 2. The number of hydrogen-bond donors (Lipinski definition) is 0. The fourth-order valence-corrected chi connectivity index (χ4v) is 1.88. The Bertz CT molecular complexity index is 614. The number of benzene rings is 2. The van der Waals surface area contributed by atoms with Gasteiger partial charge >= 0.3 is 5.91 Å². The third kappa shape index (κ3) is 3.45. The van der Waals surface area contributed by atoms with Gasteiger partial charge in [0.05, 0.1) is 0 Å². The zero-order valence-corrected chi connectivity index (χ0v) is 11.9. The van der Waals surface area contributed by atoms with E-state index in [1.807, 2.05) is 48.5 Å². The highest BCUT2D eigenvalue weighted by atomic mass is 16.6. The van der Waals surface area contributed by atoms with Crippen LogP contribution in [-0.2, 0) is 15.2 Å². The zero-order chi connectivity index (χ0) is 15.1. The molecule has 0 saturated carbocycles. The third-order valence-corrected chi connectivity index (χ3v) is 3.01. The monoisotopic (exact) mass is 284 g/mol. The summed E-state index contributed by atoms with van der Waals surface area (Å²) in [6.07, 6.45) is 0. The van der Waals surface area contributed by atoms with Crippen LogP contribution in [0.2, 0.25) is 0 Å². The minimum atomic E-state index is -1.27. The molecule has 2 rings (SSSR count). The zero-order valence-electron chi connectivity index (χ0n) is 11.9. The number of carbonyl (C=O) groups is 1. The molecule has 108 valence electrons. The fraction of sp³-hybridized carbons (Fsp3) is 0.188. The molecule has 21 heavy (non-hydrogen) atoms. The van der Waals surface area contributed by atoms with Crippen molar-refractivity contribution in [2.24, 2.45) is 10.4 Å². The van der Waals surface area contributed by atoms with Gasteiger partial charge in [0, 0.05) is 10.8 Å². The van der Waals surface area contributed by atoms with Gasteiger partial charge in [0.2, 0.25) is 5.60 Å². The van der Waals surface area contributed by atoms with Crippen LogP contribution in [0.1, 0.15) is 12.5 Å². The van der Waals surface area contributed by atoms with Crippen molar-refractivity contribution >= 4 is 5.91 Å². The smallest absolute Gasteiger partial charge is 0.315 e. The molecule has 0 aliphatic rings. The molecule has 0 bridgehead atoms. The second-order valence-corrected chi connectivity index (χ2v) is 4.48. The lowest BCUT2D eigenvalue weighted by Crippen LogP contribution is -2.37. The molecule has 0 radical (unpaired) electrons. The summed E-state index contributed by atoms with van der Waals surface area (Å²) < 4.78 is 5.89. The van der Waals surface area contributed by atoms with E-state index in [9.17, 15) is 4.79 Å². The molecule has 5 nitrogen and oxygen atoms in total. The lowest BCUT2D eigenvalue weighted by molar-refractivity contribution is -0.134. The molecule has 0 aromatic heterocycles. The van der Waals surface area contributed by atoms with Crippen LogP contribution in [0.5, 0.6) is 5.75 Å². The van der Waals surface area contributed by atoms with Crippen molar-refractivity contribution in [3.63, 3.8) is 0 Å². The Morgan fingerprint density at radius 3 is 2.14 bits per heavy atom. The number of carbonyl (C=O) groups excluding carboxylic acids is 1. The largest absolute Gasteiger partial charge is 0.473 e. The minimum absolute atomic E-state index is 0.542. The summed E-state index contributed by atoms with van der Waals surface area (Å²) in [5.41, 5.74) is -0.584. The molecule has 0 saturated heterocycles. The molecule has 1 atom stereocenters. The van der Waals surface area contributed by atoms with Crippen LogP contribution in [0.3, 0.4) is 0 Å². The summed E-state index contributed by atoms with van der Waals surface area (Å²) in [6.45, 7) is 1.66. The minimum Gasteiger partial charge on any atom is -0.473 e. The molecule has 0 spiro atoms. The number of hydrogen-bond acceptors (Lipinski definition) is 4. The number of ether oxygens (including phenoxy) is 1. The summed E-state index contributed by atoms with van der Waals surface area (Å²) >= 11 is 0. The summed E-state index contributed by atoms with van der Waals surface area (Å²) in [4.78, 5) is 16.8. The van der Waals surface area contributed by atoms with Gasteiger partial charge in [-0.1, -0.05) is 53.6 Å². The Hall–Kier alpha value is -2.69. The van der Waals surface area contributed by atoms with E-state index in [1.54, 1.807) is 19.1 Å². The van der Waals surface area contributed by atoms with Crippen LogP contribution < -0.4 is 4.74 Å². The van der Waals surface area contributed by atoms with Crippen LogP contribution in [0.15, 0.2) is 71.1 Å². The molecular weight excluding hydrogens is 268 g/mol. The molecule has 0 N–H and O–H groups in total. The Morgan fingerprint density at radius 2 is 1.57 bits per heavy atom. The van der Waals surface area contributed by atoms with Gasteiger partial charge in [-0.3, -0.25) is 4.79 Å². The topological polar surface area (TPSA) is 60.2 Å². The van der Waals surface area contributed by atoms with Crippen LogP contribution in [0.25, 0.3) is 0 Å². The van der Waals surface area contributed by atoms with Crippen LogP contribution in [-0.4, -0.2) is 13.0 Å². The van der Waals surface area contributed by atoms with Crippen molar-refractivity contribution in [2.45, 2.75) is 12.5 Å². The third-order valence-electron chi connectivity index (χ3n) is 3.01. The maximum absolute atomic E-state index is 12.4. The molecule has 0 heterocycles. The first-order chi connectivity index (χ1) is 10.2. The van der Waals surface area contributed by atoms with E-state index in [2.05, 4.69) is 15.2 Å². The van der Waals surface area contributed by atoms with Gasteiger partial charge in [-0.2, -0.15) is 0 Å². The van der Waals surface area contributed by atoms with Gasteiger partial charge in [-0.25, -0.2) is 0 Å². The molecular formula is C16H16N2O3. The van der Waals surface area contributed by atoms with Gasteiger partial charge in [0.25, 0.3) is 0 Å². The summed E-state index contributed by atoms with van der Waals surface area (Å²) in [7, 11) is 1.33. The Balaban J connectivity index is 2.39. The highest BCUT2D eigenvalue weighted by Crippen LogP contribution is 2.29. The fourth-order valence-electron chi connectivity index (χ4n) is 1.88. The first kappa shape index (κ1) is 14.7. The van der Waals surface area contributed by atoms with Crippen molar-refractivity contribution in [1.82, 2.24) is 0 Å². The SMILES string of the molecule is CON=NC(=O)C(C)(Oc1ccccc1)c1ccccc1. The number of rotatable bonds is 5. The molecule has 0 aliphatic carbocycles. The average Bonchev–Trinajstić information content (AvgIpc) is 2.54. The maximum Gasteiger partial charge on any atom is 0.315 e. The average molecular weight is 284 g/mol. The number of amides is 1. The van der Waals surface area contributed by atoms with E-state index >= 15 is 0 Å². The first-order valence-electron chi connectivity index (χ1n) is 6.45. The quantitative estimate of drug-likeness (QED) is 0.623. The molecule has 5 heteroatoms.